The van der Waals surface area contributed by atoms with Gasteiger partial charge in [0.05, 0.1) is 24.7 Å². The van der Waals surface area contributed by atoms with E-state index in [0.717, 1.165) is 26.0 Å². The molecule has 0 N–H and O–H groups in total. The zero-order valence-corrected chi connectivity index (χ0v) is 13.9. The summed E-state index contributed by atoms with van der Waals surface area (Å²) in [5.74, 6) is 0.807. The molecule has 1 aromatic heterocycles. The van der Waals surface area contributed by atoms with Crippen molar-refractivity contribution in [3.05, 3.63) is 24.4 Å². The third-order valence-electron chi connectivity index (χ3n) is 4.72. The topological polar surface area (TPSA) is 54.9 Å². The maximum absolute atomic E-state index is 12.4. The highest BCUT2D eigenvalue weighted by atomic mass is 16.5. The Morgan fingerprint density at radius 2 is 2.39 bits per heavy atom. The highest BCUT2D eigenvalue weighted by molar-refractivity contribution is 5.78. The van der Waals surface area contributed by atoms with Crippen molar-refractivity contribution in [1.82, 2.24) is 14.8 Å². The number of hydrogen-bond donors (Lipinski definition) is 0. The van der Waals surface area contributed by atoms with Crippen molar-refractivity contribution in [3.63, 3.8) is 0 Å². The molecule has 2 atom stereocenters. The first-order valence-electron chi connectivity index (χ1n) is 8.17. The van der Waals surface area contributed by atoms with E-state index in [9.17, 15) is 4.79 Å². The predicted molar refractivity (Wildman–Crippen MR) is 86.3 cm³/mol. The van der Waals surface area contributed by atoms with E-state index in [1.54, 1.807) is 6.20 Å². The van der Waals surface area contributed by atoms with Gasteiger partial charge in [-0.2, -0.15) is 0 Å². The van der Waals surface area contributed by atoms with E-state index in [-0.39, 0.29) is 17.4 Å². The van der Waals surface area contributed by atoms with Gasteiger partial charge in [0.2, 0.25) is 11.8 Å². The fourth-order valence-electron chi connectivity index (χ4n) is 3.49. The number of hydrogen-bond acceptors (Lipinski definition) is 5. The fourth-order valence-corrected chi connectivity index (χ4v) is 3.49. The SMILES string of the molecule is CN(C)CC(=O)N1CC[C@H]2OCC[C@@]2(COc2ccccn2)C1. The first-order valence-corrected chi connectivity index (χ1v) is 8.17. The molecule has 2 aliphatic heterocycles. The molecule has 3 heterocycles. The smallest absolute Gasteiger partial charge is 0.236 e. The van der Waals surface area contributed by atoms with Crippen LogP contribution >= 0.6 is 0 Å². The van der Waals surface area contributed by atoms with Crippen molar-refractivity contribution in [1.29, 1.82) is 0 Å². The van der Waals surface area contributed by atoms with Crippen LogP contribution in [0.4, 0.5) is 0 Å². The van der Waals surface area contributed by atoms with Gasteiger partial charge in [-0.3, -0.25) is 4.79 Å². The maximum atomic E-state index is 12.4. The number of carbonyl (C=O) groups excluding carboxylic acids is 1. The van der Waals surface area contributed by atoms with Gasteiger partial charge in [-0.05, 0) is 33.0 Å². The van der Waals surface area contributed by atoms with E-state index in [2.05, 4.69) is 4.98 Å². The van der Waals surface area contributed by atoms with Crippen molar-refractivity contribution >= 4 is 5.91 Å². The first-order chi connectivity index (χ1) is 11.1. The normalized spacial score (nSPS) is 27.1. The molecule has 0 aliphatic carbocycles. The number of ether oxygens (including phenoxy) is 2. The number of amides is 1. The van der Waals surface area contributed by atoms with Gasteiger partial charge in [0.15, 0.2) is 0 Å². The number of aromatic nitrogens is 1. The quantitative estimate of drug-likeness (QED) is 0.811. The first kappa shape index (κ1) is 16.2. The minimum Gasteiger partial charge on any atom is -0.477 e. The average molecular weight is 319 g/mol. The number of nitrogens with zero attached hydrogens (tertiary/aromatic N) is 3. The molecule has 1 aromatic rings. The van der Waals surface area contributed by atoms with Crippen LogP contribution in [0, 0.1) is 5.41 Å². The Labute approximate surface area is 137 Å². The van der Waals surface area contributed by atoms with Crippen LogP contribution in [0.2, 0.25) is 0 Å². The molecule has 0 spiro atoms. The second kappa shape index (κ2) is 6.84. The Balaban J connectivity index is 1.67. The molecule has 6 heteroatoms. The van der Waals surface area contributed by atoms with E-state index in [1.807, 2.05) is 42.1 Å². The molecular weight excluding hydrogens is 294 g/mol. The fraction of sp³-hybridized carbons (Fsp3) is 0.647. The van der Waals surface area contributed by atoms with Gasteiger partial charge < -0.3 is 19.3 Å². The molecule has 0 saturated carbocycles. The van der Waals surface area contributed by atoms with E-state index in [4.69, 9.17) is 9.47 Å². The Morgan fingerprint density at radius 1 is 1.52 bits per heavy atom. The molecule has 2 fully saturated rings. The summed E-state index contributed by atoms with van der Waals surface area (Å²) in [6.45, 7) is 3.20. The van der Waals surface area contributed by atoms with Gasteiger partial charge in [0, 0.05) is 32.0 Å². The Morgan fingerprint density at radius 3 is 3.13 bits per heavy atom. The van der Waals surface area contributed by atoms with Gasteiger partial charge in [-0.15, -0.1) is 0 Å². The van der Waals surface area contributed by atoms with Crippen LogP contribution in [0.1, 0.15) is 12.8 Å². The van der Waals surface area contributed by atoms with Gasteiger partial charge in [0.25, 0.3) is 0 Å². The van der Waals surface area contributed by atoms with Gasteiger partial charge in [-0.25, -0.2) is 4.98 Å². The standard InChI is InChI=1S/C17H25N3O3/c1-19(2)11-16(21)20-9-6-14-17(12-20,7-10-22-14)13-23-15-5-3-4-8-18-15/h3-5,8,14H,6-7,9-13H2,1-2H3/t14-,17+/m1/s1. The lowest BCUT2D eigenvalue weighted by molar-refractivity contribution is -0.138. The van der Waals surface area contributed by atoms with Gasteiger partial charge in [-0.1, -0.05) is 6.07 Å². The summed E-state index contributed by atoms with van der Waals surface area (Å²) in [6.07, 6.45) is 3.71. The Hall–Kier alpha value is -1.66. The molecule has 0 radical (unpaired) electrons. The number of piperidine rings is 1. The predicted octanol–water partition coefficient (Wildman–Crippen LogP) is 1.03. The summed E-state index contributed by atoms with van der Waals surface area (Å²) in [6, 6.07) is 5.64. The summed E-state index contributed by atoms with van der Waals surface area (Å²) in [7, 11) is 3.84. The highest BCUT2D eigenvalue weighted by Gasteiger charge is 2.49. The zero-order chi connectivity index (χ0) is 16.3. The molecule has 3 rings (SSSR count). The Bertz CT molecular complexity index is 537. The minimum absolute atomic E-state index is 0.113. The summed E-state index contributed by atoms with van der Waals surface area (Å²) < 4.78 is 11.8. The van der Waals surface area contributed by atoms with Crippen LogP contribution in [0.3, 0.4) is 0 Å². The molecule has 0 unspecified atom stereocenters. The third kappa shape index (κ3) is 3.64. The van der Waals surface area contributed by atoms with E-state index < -0.39 is 0 Å². The maximum Gasteiger partial charge on any atom is 0.236 e. The molecule has 126 valence electrons. The molecule has 2 saturated heterocycles. The third-order valence-corrected chi connectivity index (χ3v) is 4.72. The largest absolute Gasteiger partial charge is 0.477 e. The van der Waals surface area contributed by atoms with Crippen molar-refractivity contribution in [2.75, 3.05) is 46.9 Å². The number of rotatable bonds is 5. The second-order valence-electron chi connectivity index (χ2n) is 6.77. The number of fused-ring (bicyclic) bond motifs is 1. The Kier molecular flexibility index (Phi) is 4.82. The molecule has 0 aromatic carbocycles. The number of carbonyl (C=O) groups is 1. The number of likely N-dealkylation sites (tertiary alicyclic amines) is 1. The summed E-state index contributed by atoms with van der Waals surface area (Å²) in [5.41, 5.74) is -0.113. The second-order valence-corrected chi connectivity index (χ2v) is 6.77. The van der Waals surface area contributed by atoms with Gasteiger partial charge in [0.1, 0.15) is 0 Å². The lowest BCUT2D eigenvalue weighted by atomic mass is 9.77. The van der Waals surface area contributed by atoms with Gasteiger partial charge >= 0.3 is 0 Å². The molecule has 2 aliphatic rings. The van der Waals surface area contributed by atoms with Crippen LogP contribution in [0.15, 0.2) is 24.4 Å². The van der Waals surface area contributed by atoms with Crippen molar-refractivity contribution < 1.29 is 14.3 Å². The van der Waals surface area contributed by atoms with Crippen LogP contribution in [0.5, 0.6) is 5.88 Å². The molecule has 1 amide bonds. The summed E-state index contributed by atoms with van der Waals surface area (Å²) in [5, 5.41) is 0. The molecule has 23 heavy (non-hydrogen) atoms. The van der Waals surface area contributed by atoms with E-state index >= 15 is 0 Å². The van der Waals surface area contributed by atoms with E-state index in [1.165, 1.54) is 0 Å². The summed E-state index contributed by atoms with van der Waals surface area (Å²) in [4.78, 5) is 20.5. The minimum atomic E-state index is -0.113. The van der Waals surface area contributed by atoms with Crippen molar-refractivity contribution in [3.8, 4) is 5.88 Å². The zero-order valence-electron chi connectivity index (χ0n) is 13.9. The molecule has 6 nitrogen and oxygen atoms in total. The molecular formula is C17H25N3O3. The monoisotopic (exact) mass is 319 g/mol. The average Bonchev–Trinajstić information content (AvgIpc) is 2.96. The van der Waals surface area contributed by atoms with Crippen LogP contribution in [0.25, 0.3) is 0 Å². The van der Waals surface area contributed by atoms with Crippen LogP contribution < -0.4 is 4.74 Å². The lowest BCUT2D eigenvalue weighted by Crippen LogP contribution is -2.55. The van der Waals surface area contributed by atoms with E-state index in [0.29, 0.717) is 25.6 Å². The number of likely N-dealkylation sites (N-methyl/N-ethyl adjacent to an activating group) is 1. The van der Waals surface area contributed by atoms with Crippen LogP contribution in [-0.2, 0) is 9.53 Å². The lowest BCUT2D eigenvalue weighted by Gasteiger charge is -2.43. The van der Waals surface area contributed by atoms with Crippen molar-refractivity contribution in [2.24, 2.45) is 5.41 Å². The number of pyridine rings is 1. The summed E-state index contributed by atoms with van der Waals surface area (Å²) >= 11 is 0. The van der Waals surface area contributed by atoms with Crippen LogP contribution in [-0.4, -0.2) is 73.7 Å². The van der Waals surface area contributed by atoms with Crippen molar-refractivity contribution in [2.45, 2.75) is 18.9 Å². The highest BCUT2D eigenvalue weighted by Crippen LogP contribution is 2.41. The molecule has 0 bridgehead atoms.